The van der Waals surface area contributed by atoms with Crippen LogP contribution in [0, 0.1) is 0 Å². The number of hydrogen-bond donors (Lipinski definition) is 3. The van der Waals surface area contributed by atoms with Crippen molar-refractivity contribution in [1.82, 2.24) is 15.1 Å². The van der Waals surface area contributed by atoms with Gasteiger partial charge in [-0.15, -0.1) is 0 Å². The zero-order valence-electron chi connectivity index (χ0n) is 11.2. The Labute approximate surface area is 116 Å². The zero-order chi connectivity index (χ0) is 14.5. The predicted molar refractivity (Wildman–Crippen MR) is 74.3 cm³/mol. The van der Waals surface area contributed by atoms with Gasteiger partial charge in [0.2, 0.25) is 0 Å². The van der Waals surface area contributed by atoms with Gasteiger partial charge in [-0.3, -0.25) is 4.68 Å². The van der Waals surface area contributed by atoms with E-state index in [0.717, 1.165) is 23.4 Å². The highest BCUT2D eigenvalue weighted by Gasteiger charge is 2.13. The molecule has 1 amide bonds. The lowest BCUT2D eigenvalue weighted by molar-refractivity contribution is 0.177. The summed E-state index contributed by atoms with van der Waals surface area (Å²) in [5.41, 5.74) is 2.73. The highest BCUT2D eigenvalue weighted by molar-refractivity contribution is 5.65. The normalized spacial score (nSPS) is 12.1. The molecule has 0 saturated carbocycles. The van der Waals surface area contributed by atoms with Gasteiger partial charge in [-0.25, -0.2) is 4.79 Å². The second-order valence-electron chi connectivity index (χ2n) is 4.34. The lowest BCUT2D eigenvalue weighted by atomic mass is 10.0. The summed E-state index contributed by atoms with van der Waals surface area (Å²) in [6, 6.07) is 8.71. The third-order valence-electron chi connectivity index (χ3n) is 3.11. The van der Waals surface area contributed by atoms with Crippen molar-refractivity contribution in [3.8, 4) is 11.3 Å². The predicted octanol–water partition coefficient (Wildman–Crippen LogP) is 1.87. The van der Waals surface area contributed by atoms with Crippen LogP contribution >= 0.6 is 0 Å². The number of rotatable bonds is 5. The summed E-state index contributed by atoms with van der Waals surface area (Å²) in [6.45, 7) is 2.52. The maximum Gasteiger partial charge on any atom is 0.405 e. The third kappa shape index (κ3) is 2.97. The first-order valence-electron chi connectivity index (χ1n) is 6.38. The Morgan fingerprint density at radius 2 is 2.05 bits per heavy atom. The Balaban J connectivity index is 2.23. The first-order chi connectivity index (χ1) is 9.65. The van der Waals surface area contributed by atoms with Crippen LogP contribution in [0.25, 0.3) is 11.3 Å². The quantitative estimate of drug-likeness (QED) is 0.777. The lowest BCUT2D eigenvalue weighted by Gasteiger charge is -2.15. The molecule has 6 heteroatoms. The average Bonchev–Trinajstić information content (AvgIpc) is 2.93. The smallest absolute Gasteiger partial charge is 0.405 e. The van der Waals surface area contributed by atoms with E-state index >= 15 is 0 Å². The number of nitrogens with one attached hydrogen (secondary N) is 1. The van der Waals surface area contributed by atoms with Gasteiger partial charge in [0.25, 0.3) is 0 Å². The number of benzene rings is 1. The van der Waals surface area contributed by atoms with Crippen LogP contribution in [-0.4, -0.2) is 32.7 Å². The zero-order valence-corrected chi connectivity index (χ0v) is 11.2. The van der Waals surface area contributed by atoms with Crippen molar-refractivity contribution in [3.63, 3.8) is 0 Å². The van der Waals surface area contributed by atoms with Gasteiger partial charge in [0, 0.05) is 12.7 Å². The van der Waals surface area contributed by atoms with E-state index in [2.05, 4.69) is 10.4 Å². The Morgan fingerprint density at radius 3 is 2.60 bits per heavy atom. The molecule has 0 bridgehead atoms. The Morgan fingerprint density at radius 1 is 1.35 bits per heavy atom. The van der Waals surface area contributed by atoms with Crippen molar-refractivity contribution in [1.29, 1.82) is 0 Å². The van der Waals surface area contributed by atoms with Gasteiger partial charge in [-0.05, 0) is 24.1 Å². The largest absolute Gasteiger partial charge is 0.465 e. The molecule has 0 unspecified atom stereocenters. The molecule has 0 aliphatic carbocycles. The molecule has 2 rings (SSSR count). The van der Waals surface area contributed by atoms with Crippen molar-refractivity contribution >= 4 is 6.09 Å². The number of carbonyl (C=O) groups is 1. The molecular formula is C14H17N3O3. The van der Waals surface area contributed by atoms with Crippen molar-refractivity contribution in [2.45, 2.75) is 19.5 Å². The summed E-state index contributed by atoms with van der Waals surface area (Å²) < 4.78 is 1.88. The number of carboxylic acid groups (broad SMARTS) is 1. The van der Waals surface area contributed by atoms with E-state index in [9.17, 15) is 9.90 Å². The first-order valence-corrected chi connectivity index (χ1v) is 6.38. The maximum atomic E-state index is 10.6. The Kier molecular flexibility index (Phi) is 4.37. The molecule has 0 spiro atoms. The maximum absolute atomic E-state index is 10.6. The standard InChI is InChI=1S/C14H17N3O3/c1-2-17-13(7-8-15-17)11-5-3-10(4-6-11)12(9-18)16-14(19)20/h3-8,12,16,18H,2,9H2,1H3,(H,19,20)/t12-/m0/s1. The fraction of sp³-hybridized carbons (Fsp3) is 0.286. The second-order valence-corrected chi connectivity index (χ2v) is 4.34. The molecule has 1 aromatic carbocycles. The number of aliphatic hydroxyl groups excluding tert-OH is 1. The topological polar surface area (TPSA) is 87.4 Å². The van der Waals surface area contributed by atoms with Crippen LogP contribution in [0.3, 0.4) is 0 Å². The van der Waals surface area contributed by atoms with Crippen molar-refractivity contribution in [2.24, 2.45) is 0 Å². The van der Waals surface area contributed by atoms with Crippen LogP contribution in [0.5, 0.6) is 0 Å². The molecule has 1 atom stereocenters. The number of hydrogen-bond acceptors (Lipinski definition) is 3. The number of aliphatic hydroxyl groups is 1. The van der Waals surface area contributed by atoms with Gasteiger partial charge in [0.15, 0.2) is 0 Å². The summed E-state index contributed by atoms with van der Waals surface area (Å²) in [7, 11) is 0. The Bertz CT molecular complexity index is 578. The minimum Gasteiger partial charge on any atom is -0.465 e. The monoisotopic (exact) mass is 275 g/mol. The lowest BCUT2D eigenvalue weighted by Crippen LogP contribution is -2.29. The van der Waals surface area contributed by atoms with E-state index in [1.807, 2.05) is 29.8 Å². The van der Waals surface area contributed by atoms with Crippen molar-refractivity contribution in [3.05, 3.63) is 42.1 Å². The number of nitrogens with zero attached hydrogens (tertiary/aromatic N) is 2. The van der Waals surface area contributed by atoms with Gasteiger partial charge < -0.3 is 15.5 Å². The van der Waals surface area contributed by atoms with Crippen LogP contribution in [0.15, 0.2) is 36.5 Å². The third-order valence-corrected chi connectivity index (χ3v) is 3.11. The van der Waals surface area contributed by atoms with Crippen molar-refractivity contribution in [2.75, 3.05) is 6.61 Å². The average molecular weight is 275 g/mol. The van der Waals surface area contributed by atoms with Crippen molar-refractivity contribution < 1.29 is 15.0 Å². The molecule has 0 fully saturated rings. The number of aryl methyl sites for hydroxylation is 1. The molecule has 0 aliphatic rings. The summed E-state index contributed by atoms with van der Waals surface area (Å²) in [6.07, 6.45) is 0.590. The van der Waals surface area contributed by atoms with Crippen LogP contribution in [0.4, 0.5) is 4.79 Å². The van der Waals surface area contributed by atoms with Crippen LogP contribution in [-0.2, 0) is 6.54 Å². The molecule has 6 nitrogen and oxygen atoms in total. The molecule has 106 valence electrons. The molecule has 0 aliphatic heterocycles. The number of aromatic nitrogens is 2. The summed E-state index contributed by atoms with van der Waals surface area (Å²) in [4.78, 5) is 10.6. The molecule has 1 heterocycles. The molecule has 3 N–H and O–H groups in total. The Hall–Kier alpha value is -2.34. The summed E-state index contributed by atoms with van der Waals surface area (Å²) >= 11 is 0. The molecule has 2 aromatic rings. The van der Waals surface area contributed by atoms with E-state index in [1.54, 1.807) is 18.3 Å². The minimum absolute atomic E-state index is 0.279. The van der Waals surface area contributed by atoms with E-state index in [4.69, 9.17) is 5.11 Å². The van der Waals surface area contributed by atoms with E-state index in [-0.39, 0.29) is 6.61 Å². The fourth-order valence-corrected chi connectivity index (χ4v) is 2.10. The van der Waals surface area contributed by atoms with Gasteiger partial charge >= 0.3 is 6.09 Å². The summed E-state index contributed by atoms with van der Waals surface area (Å²) in [5.74, 6) is 0. The molecule has 0 radical (unpaired) electrons. The molecule has 0 saturated heterocycles. The van der Waals surface area contributed by atoms with Gasteiger partial charge in [-0.2, -0.15) is 5.10 Å². The highest BCUT2D eigenvalue weighted by atomic mass is 16.4. The molecular weight excluding hydrogens is 258 g/mol. The van der Waals surface area contributed by atoms with Crippen LogP contribution < -0.4 is 5.32 Å². The minimum atomic E-state index is -1.16. The number of amides is 1. The van der Waals surface area contributed by atoms with Gasteiger partial charge in [0.1, 0.15) is 0 Å². The van der Waals surface area contributed by atoms with Gasteiger partial charge in [-0.1, -0.05) is 24.3 Å². The van der Waals surface area contributed by atoms with Crippen LogP contribution in [0.2, 0.25) is 0 Å². The van der Waals surface area contributed by atoms with Crippen LogP contribution in [0.1, 0.15) is 18.5 Å². The fourth-order valence-electron chi connectivity index (χ4n) is 2.10. The van der Waals surface area contributed by atoms with E-state index in [0.29, 0.717) is 0 Å². The second kappa shape index (κ2) is 6.21. The van der Waals surface area contributed by atoms with E-state index in [1.165, 1.54) is 0 Å². The molecule has 20 heavy (non-hydrogen) atoms. The summed E-state index contributed by atoms with van der Waals surface area (Å²) in [5, 5.41) is 24.4. The van der Waals surface area contributed by atoms with Gasteiger partial charge in [0.05, 0.1) is 18.3 Å². The molecule has 1 aromatic heterocycles. The van der Waals surface area contributed by atoms with E-state index < -0.39 is 12.1 Å². The highest BCUT2D eigenvalue weighted by Crippen LogP contribution is 2.21. The first kappa shape index (κ1) is 14.1. The SMILES string of the molecule is CCn1nccc1-c1ccc([C@H](CO)NC(=O)O)cc1.